The van der Waals surface area contributed by atoms with E-state index in [0.29, 0.717) is 37.8 Å². The summed E-state index contributed by atoms with van der Waals surface area (Å²) in [5.74, 6) is 0.865. The molecule has 0 bridgehead atoms. The zero-order chi connectivity index (χ0) is 21.3. The fourth-order valence-corrected chi connectivity index (χ4v) is 5.35. The van der Waals surface area contributed by atoms with E-state index in [1.165, 1.54) is 22.5 Å². The molecule has 7 nitrogen and oxygen atoms in total. The number of benzene rings is 2. The van der Waals surface area contributed by atoms with Crippen LogP contribution in [0.5, 0.6) is 11.5 Å². The molecule has 1 saturated heterocycles. The second-order valence-corrected chi connectivity index (χ2v) is 9.70. The Bertz CT molecular complexity index is 1070. The van der Waals surface area contributed by atoms with E-state index in [2.05, 4.69) is 5.32 Å². The van der Waals surface area contributed by atoms with Gasteiger partial charge in [0, 0.05) is 13.1 Å². The number of hydrogen-bond acceptors (Lipinski definition) is 5. The number of carbonyl (C=O) groups is 1. The van der Waals surface area contributed by atoms with Crippen LogP contribution in [0.1, 0.15) is 41.7 Å². The summed E-state index contributed by atoms with van der Waals surface area (Å²) in [6.45, 7) is 3.81. The monoisotopic (exact) mass is 450 g/mol. The van der Waals surface area contributed by atoms with Crippen LogP contribution in [0.25, 0.3) is 0 Å². The van der Waals surface area contributed by atoms with Crippen molar-refractivity contribution in [3.05, 3.63) is 52.5 Å². The van der Waals surface area contributed by atoms with Crippen LogP contribution in [0.4, 0.5) is 0 Å². The number of rotatable bonds is 5. The van der Waals surface area contributed by atoms with E-state index in [9.17, 15) is 13.2 Å². The average molecular weight is 451 g/mol. The summed E-state index contributed by atoms with van der Waals surface area (Å²) >= 11 is 6.22. The number of nitrogens with zero attached hydrogens (tertiary/aromatic N) is 1. The second-order valence-electron chi connectivity index (χ2n) is 7.35. The number of hydrogen-bond donors (Lipinski definition) is 1. The van der Waals surface area contributed by atoms with Crippen LogP contribution in [-0.4, -0.2) is 44.9 Å². The molecule has 0 aliphatic carbocycles. The highest BCUT2D eigenvalue weighted by atomic mass is 35.5. The van der Waals surface area contributed by atoms with Gasteiger partial charge >= 0.3 is 0 Å². The number of halogens is 1. The molecule has 0 aromatic heterocycles. The maximum atomic E-state index is 12.9. The van der Waals surface area contributed by atoms with Crippen molar-refractivity contribution >= 4 is 27.5 Å². The molecule has 2 aromatic rings. The Morgan fingerprint density at radius 3 is 2.50 bits per heavy atom. The summed E-state index contributed by atoms with van der Waals surface area (Å²) in [6, 6.07) is 9.39. The van der Waals surface area contributed by atoms with Crippen molar-refractivity contribution in [1.29, 1.82) is 0 Å². The third-order valence-electron chi connectivity index (χ3n) is 5.30. The van der Waals surface area contributed by atoms with Crippen molar-refractivity contribution in [3.63, 3.8) is 0 Å². The first-order chi connectivity index (χ1) is 14.4. The highest BCUT2D eigenvalue weighted by Crippen LogP contribution is 2.33. The van der Waals surface area contributed by atoms with Gasteiger partial charge in [0.2, 0.25) is 10.0 Å². The number of ether oxygens (including phenoxy) is 2. The number of fused-ring (bicyclic) bond motifs is 1. The van der Waals surface area contributed by atoms with E-state index in [1.807, 2.05) is 25.1 Å². The number of amides is 1. The predicted molar refractivity (Wildman–Crippen MR) is 113 cm³/mol. The molecule has 1 N–H and O–H groups in total. The lowest BCUT2D eigenvalue weighted by Crippen LogP contribution is -2.29. The number of sulfonamides is 1. The molecule has 0 spiro atoms. The molecule has 1 amide bonds. The SMILES string of the molecule is C[C@H](NC(=O)c1cc(S(=O)(=O)N2CCCC2)ccc1Cl)c1ccc2c(c1)OCCO2. The third kappa shape index (κ3) is 4.12. The summed E-state index contributed by atoms with van der Waals surface area (Å²) in [5.41, 5.74) is 0.964. The molecule has 0 unspecified atom stereocenters. The fraction of sp³-hybridized carbons (Fsp3) is 0.381. The molecular weight excluding hydrogens is 428 g/mol. The largest absolute Gasteiger partial charge is 0.486 e. The van der Waals surface area contributed by atoms with Crippen LogP contribution in [0.2, 0.25) is 5.02 Å². The predicted octanol–water partition coefficient (Wildman–Crippen LogP) is 3.39. The van der Waals surface area contributed by atoms with E-state index in [4.69, 9.17) is 21.1 Å². The molecule has 2 aliphatic heterocycles. The highest BCUT2D eigenvalue weighted by Gasteiger charge is 2.28. The smallest absolute Gasteiger partial charge is 0.253 e. The van der Waals surface area contributed by atoms with Crippen LogP contribution in [0, 0.1) is 0 Å². The fourth-order valence-electron chi connectivity index (χ4n) is 3.60. The van der Waals surface area contributed by atoms with Gasteiger partial charge in [-0.3, -0.25) is 4.79 Å². The molecule has 0 saturated carbocycles. The average Bonchev–Trinajstić information content (AvgIpc) is 3.29. The topological polar surface area (TPSA) is 84.9 Å². The molecule has 0 radical (unpaired) electrons. The Labute approximate surface area is 181 Å². The van der Waals surface area contributed by atoms with Gasteiger partial charge in [0.15, 0.2) is 11.5 Å². The molecule has 2 aliphatic rings. The minimum atomic E-state index is -3.64. The molecule has 4 rings (SSSR count). The van der Waals surface area contributed by atoms with Crippen molar-refractivity contribution < 1.29 is 22.7 Å². The van der Waals surface area contributed by atoms with Crippen LogP contribution in [0.3, 0.4) is 0 Å². The summed E-state index contributed by atoms with van der Waals surface area (Å²) < 4.78 is 38.2. The zero-order valence-electron chi connectivity index (χ0n) is 16.6. The van der Waals surface area contributed by atoms with Gasteiger partial charge in [-0.1, -0.05) is 17.7 Å². The lowest BCUT2D eigenvalue weighted by atomic mass is 10.1. The van der Waals surface area contributed by atoms with Gasteiger partial charge in [-0.05, 0) is 55.7 Å². The number of nitrogens with one attached hydrogen (secondary N) is 1. The molecule has 2 heterocycles. The van der Waals surface area contributed by atoms with Gasteiger partial charge in [-0.25, -0.2) is 8.42 Å². The Kier molecular flexibility index (Phi) is 5.90. The van der Waals surface area contributed by atoms with Crippen LogP contribution in [-0.2, 0) is 10.0 Å². The van der Waals surface area contributed by atoms with Crippen molar-refractivity contribution in [2.45, 2.75) is 30.7 Å². The zero-order valence-corrected chi connectivity index (χ0v) is 18.1. The molecule has 1 fully saturated rings. The van der Waals surface area contributed by atoms with Gasteiger partial charge in [-0.15, -0.1) is 0 Å². The molecule has 1 atom stereocenters. The minimum Gasteiger partial charge on any atom is -0.486 e. The van der Waals surface area contributed by atoms with Crippen molar-refractivity contribution in [2.75, 3.05) is 26.3 Å². The van der Waals surface area contributed by atoms with Crippen molar-refractivity contribution in [3.8, 4) is 11.5 Å². The Hall–Kier alpha value is -2.29. The summed E-state index contributed by atoms with van der Waals surface area (Å²) in [7, 11) is -3.64. The lowest BCUT2D eigenvalue weighted by molar-refractivity contribution is 0.0939. The lowest BCUT2D eigenvalue weighted by Gasteiger charge is -2.21. The second kappa shape index (κ2) is 8.45. The van der Waals surface area contributed by atoms with Gasteiger partial charge < -0.3 is 14.8 Å². The van der Waals surface area contributed by atoms with Crippen molar-refractivity contribution in [1.82, 2.24) is 9.62 Å². The Morgan fingerprint density at radius 2 is 1.77 bits per heavy atom. The quantitative estimate of drug-likeness (QED) is 0.754. The highest BCUT2D eigenvalue weighted by molar-refractivity contribution is 7.89. The Morgan fingerprint density at radius 1 is 1.07 bits per heavy atom. The van der Waals surface area contributed by atoms with Gasteiger partial charge in [0.05, 0.1) is 21.5 Å². The summed E-state index contributed by atoms with van der Waals surface area (Å²) in [5, 5.41) is 3.08. The first-order valence-corrected chi connectivity index (χ1v) is 11.7. The van der Waals surface area contributed by atoms with Gasteiger partial charge in [-0.2, -0.15) is 4.31 Å². The molecule has 9 heteroatoms. The van der Waals surface area contributed by atoms with Gasteiger partial charge in [0.25, 0.3) is 5.91 Å². The maximum Gasteiger partial charge on any atom is 0.253 e. The van der Waals surface area contributed by atoms with E-state index in [-0.39, 0.29) is 21.5 Å². The molecule has 2 aromatic carbocycles. The van der Waals surface area contributed by atoms with Crippen LogP contribution in [0.15, 0.2) is 41.3 Å². The normalized spacial score (nSPS) is 17.5. The maximum absolute atomic E-state index is 12.9. The third-order valence-corrected chi connectivity index (χ3v) is 7.52. The van der Waals surface area contributed by atoms with Crippen LogP contribution >= 0.6 is 11.6 Å². The first-order valence-electron chi connectivity index (χ1n) is 9.86. The first kappa shape index (κ1) is 21.0. The summed E-state index contributed by atoms with van der Waals surface area (Å²) in [6.07, 6.45) is 1.68. The number of carbonyl (C=O) groups excluding carboxylic acids is 1. The van der Waals surface area contributed by atoms with E-state index in [0.717, 1.165) is 18.4 Å². The van der Waals surface area contributed by atoms with Gasteiger partial charge in [0.1, 0.15) is 13.2 Å². The molecule has 30 heavy (non-hydrogen) atoms. The minimum absolute atomic E-state index is 0.0749. The van der Waals surface area contributed by atoms with Crippen LogP contribution < -0.4 is 14.8 Å². The standard InChI is InChI=1S/C21H23ClN2O5S/c1-14(15-4-7-19-20(12-15)29-11-10-28-19)23-21(25)17-13-16(5-6-18(17)22)30(26,27)24-8-2-3-9-24/h4-7,12-14H,2-3,8-11H2,1H3,(H,23,25)/t14-/m0/s1. The van der Waals surface area contributed by atoms with E-state index >= 15 is 0 Å². The van der Waals surface area contributed by atoms with E-state index in [1.54, 1.807) is 0 Å². The summed E-state index contributed by atoms with van der Waals surface area (Å²) in [4.78, 5) is 13.0. The Balaban J connectivity index is 1.54. The van der Waals surface area contributed by atoms with Crippen molar-refractivity contribution in [2.24, 2.45) is 0 Å². The van der Waals surface area contributed by atoms with E-state index < -0.39 is 15.9 Å². The molecular formula is C21H23ClN2O5S. The molecule has 160 valence electrons.